The molecule has 2 atom stereocenters. The van der Waals surface area contributed by atoms with Gasteiger partial charge in [0, 0.05) is 24.7 Å². The Morgan fingerprint density at radius 3 is 2.90 bits per heavy atom. The average Bonchev–Trinajstić information content (AvgIpc) is 2.73. The van der Waals surface area contributed by atoms with Crippen LogP contribution in [0.15, 0.2) is 24.3 Å². The van der Waals surface area contributed by atoms with Crippen molar-refractivity contribution in [3.63, 3.8) is 0 Å². The van der Waals surface area contributed by atoms with Crippen LogP contribution in [0.25, 0.3) is 0 Å². The molecule has 3 nitrogen and oxygen atoms in total. The minimum absolute atomic E-state index is 0.412. The van der Waals surface area contributed by atoms with E-state index < -0.39 is 0 Å². The zero-order chi connectivity index (χ0) is 14.5. The Labute approximate surface area is 127 Å². The fraction of sp³-hybridized carbons (Fsp3) is 0.562. The second-order valence-electron chi connectivity index (χ2n) is 5.78. The number of benzene rings is 1. The van der Waals surface area contributed by atoms with Gasteiger partial charge in [0.1, 0.15) is 10.7 Å². The van der Waals surface area contributed by atoms with Gasteiger partial charge >= 0.3 is 0 Å². The predicted molar refractivity (Wildman–Crippen MR) is 87.3 cm³/mol. The highest BCUT2D eigenvalue weighted by Crippen LogP contribution is 2.22. The Balaban J connectivity index is 1.73. The average molecular weight is 292 g/mol. The maximum absolute atomic E-state index is 5.78. The van der Waals surface area contributed by atoms with Crippen molar-refractivity contribution in [2.75, 3.05) is 19.7 Å². The SMILES string of the molecule is CC1CC(C)N(CCCOc2cccc(C(N)=S)c2)C1. The molecule has 20 heavy (non-hydrogen) atoms. The Bertz CT molecular complexity index is 464. The Morgan fingerprint density at radius 2 is 2.25 bits per heavy atom. The van der Waals surface area contributed by atoms with Gasteiger partial charge in [-0.05, 0) is 37.8 Å². The van der Waals surface area contributed by atoms with E-state index in [-0.39, 0.29) is 0 Å². The van der Waals surface area contributed by atoms with Crippen LogP contribution in [0.2, 0.25) is 0 Å². The van der Waals surface area contributed by atoms with E-state index in [4.69, 9.17) is 22.7 Å². The van der Waals surface area contributed by atoms with E-state index in [1.165, 1.54) is 13.0 Å². The smallest absolute Gasteiger partial charge is 0.119 e. The van der Waals surface area contributed by atoms with Crippen LogP contribution in [0.3, 0.4) is 0 Å². The molecule has 0 aliphatic carbocycles. The van der Waals surface area contributed by atoms with Gasteiger partial charge in [-0.1, -0.05) is 31.3 Å². The van der Waals surface area contributed by atoms with E-state index in [2.05, 4.69) is 18.7 Å². The highest BCUT2D eigenvalue weighted by Gasteiger charge is 2.25. The lowest BCUT2D eigenvalue weighted by Crippen LogP contribution is -2.29. The number of nitrogens with zero attached hydrogens (tertiary/aromatic N) is 1. The first-order valence-corrected chi connectivity index (χ1v) is 7.74. The zero-order valence-electron chi connectivity index (χ0n) is 12.3. The van der Waals surface area contributed by atoms with Crippen molar-refractivity contribution in [1.82, 2.24) is 4.90 Å². The molecule has 110 valence electrons. The lowest BCUT2D eigenvalue weighted by Gasteiger charge is -2.20. The number of nitrogens with two attached hydrogens (primary N) is 1. The van der Waals surface area contributed by atoms with Gasteiger partial charge in [-0.25, -0.2) is 0 Å². The van der Waals surface area contributed by atoms with Crippen molar-refractivity contribution in [1.29, 1.82) is 0 Å². The van der Waals surface area contributed by atoms with Crippen LogP contribution in [0.1, 0.15) is 32.3 Å². The van der Waals surface area contributed by atoms with Crippen molar-refractivity contribution in [3.8, 4) is 5.75 Å². The standard InChI is InChI=1S/C16H24N2OS/c1-12-9-13(2)18(11-12)7-4-8-19-15-6-3-5-14(10-15)16(17)20/h3,5-6,10,12-13H,4,7-9,11H2,1-2H3,(H2,17,20). The third-order valence-electron chi connectivity index (χ3n) is 3.89. The molecule has 2 unspecified atom stereocenters. The number of hydrogen-bond acceptors (Lipinski definition) is 3. The summed E-state index contributed by atoms with van der Waals surface area (Å²) in [4.78, 5) is 2.97. The van der Waals surface area contributed by atoms with Crippen molar-refractivity contribution < 1.29 is 4.74 Å². The molecule has 4 heteroatoms. The molecule has 0 amide bonds. The summed E-state index contributed by atoms with van der Waals surface area (Å²) in [5, 5.41) is 0. The van der Waals surface area contributed by atoms with Crippen LogP contribution >= 0.6 is 12.2 Å². The van der Waals surface area contributed by atoms with E-state index in [0.717, 1.165) is 36.8 Å². The summed E-state index contributed by atoms with van der Waals surface area (Å²) in [5.41, 5.74) is 6.48. The first-order chi connectivity index (χ1) is 9.56. The minimum Gasteiger partial charge on any atom is -0.494 e. The Kier molecular flexibility index (Phi) is 5.38. The number of ether oxygens (including phenoxy) is 1. The molecule has 0 spiro atoms. The summed E-state index contributed by atoms with van der Waals surface area (Å²) < 4.78 is 5.78. The predicted octanol–water partition coefficient (Wildman–Crippen LogP) is 2.82. The summed E-state index contributed by atoms with van der Waals surface area (Å²) in [5.74, 6) is 1.67. The molecule has 2 rings (SSSR count). The molecule has 1 aromatic rings. The molecule has 1 saturated heterocycles. The first kappa shape index (κ1) is 15.3. The first-order valence-electron chi connectivity index (χ1n) is 7.33. The van der Waals surface area contributed by atoms with E-state index in [9.17, 15) is 0 Å². The second kappa shape index (κ2) is 7.04. The van der Waals surface area contributed by atoms with Crippen LogP contribution < -0.4 is 10.5 Å². The summed E-state index contributed by atoms with van der Waals surface area (Å²) in [6.45, 7) is 7.71. The third-order valence-corrected chi connectivity index (χ3v) is 4.13. The Morgan fingerprint density at radius 1 is 1.45 bits per heavy atom. The summed E-state index contributed by atoms with van der Waals surface area (Å²) >= 11 is 4.97. The van der Waals surface area contributed by atoms with Gasteiger partial charge in [0.25, 0.3) is 0 Å². The van der Waals surface area contributed by atoms with Crippen molar-refractivity contribution in [3.05, 3.63) is 29.8 Å². The fourth-order valence-electron chi connectivity index (χ4n) is 2.89. The van der Waals surface area contributed by atoms with Crippen molar-refractivity contribution in [2.24, 2.45) is 11.7 Å². The largest absolute Gasteiger partial charge is 0.494 e. The number of hydrogen-bond donors (Lipinski definition) is 1. The molecule has 1 fully saturated rings. The molecule has 1 aromatic carbocycles. The van der Waals surface area contributed by atoms with Gasteiger partial charge in [0.2, 0.25) is 0 Å². The van der Waals surface area contributed by atoms with Gasteiger partial charge in [-0.3, -0.25) is 0 Å². The van der Waals surface area contributed by atoms with Crippen molar-refractivity contribution >= 4 is 17.2 Å². The van der Waals surface area contributed by atoms with Gasteiger partial charge in [0.05, 0.1) is 6.61 Å². The lowest BCUT2D eigenvalue weighted by atomic mass is 10.1. The molecular formula is C16H24N2OS. The van der Waals surface area contributed by atoms with E-state index in [1.807, 2.05) is 24.3 Å². The maximum atomic E-state index is 5.78. The van der Waals surface area contributed by atoms with E-state index in [0.29, 0.717) is 11.0 Å². The van der Waals surface area contributed by atoms with Crippen LogP contribution in [0.4, 0.5) is 0 Å². The van der Waals surface area contributed by atoms with E-state index in [1.54, 1.807) is 0 Å². The van der Waals surface area contributed by atoms with Gasteiger partial charge in [-0.2, -0.15) is 0 Å². The molecule has 0 bridgehead atoms. The van der Waals surface area contributed by atoms with Gasteiger partial charge in [0.15, 0.2) is 0 Å². The molecule has 2 N–H and O–H groups in total. The number of likely N-dealkylation sites (tertiary alicyclic amines) is 1. The normalized spacial score (nSPS) is 22.9. The zero-order valence-corrected chi connectivity index (χ0v) is 13.2. The monoisotopic (exact) mass is 292 g/mol. The molecule has 1 heterocycles. The van der Waals surface area contributed by atoms with Gasteiger partial charge < -0.3 is 15.4 Å². The topological polar surface area (TPSA) is 38.5 Å². The van der Waals surface area contributed by atoms with Crippen LogP contribution in [0, 0.1) is 5.92 Å². The molecule has 1 aliphatic heterocycles. The van der Waals surface area contributed by atoms with Crippen LogP contribution in [-0.2, 0) is 0 Å². The second-order valence-corrected chi connectivity index (χ2v) is 6.22. The highest BCUT2D eigenvalue weighted by atomic mass is 32.1. The lowest BCUT2D eigenvalue weighted by molar-refractivity contribution is 0.228. The maximum Gasteiger partial charge on any atom is 0.119 e. The Hall–Kier alpha value is -1.13. The van der Waals surface area contributed by atoms with Crippen molar-refractivity contribution in [2.45, 2.75) is 32.7 Å². The van der Waals surface area contributed by atoms with E-state index >= 15 is 0 Å². The summed E-state index contributed by atoms with van der Waals surface area (Å²) in [6.07, 6.45) is 2.37. The highest BCUT2D eigenvalue weighted by molar-refractivity contribution is 7.80. The molecule has 0 radical (unpaired) electrons. The quantitative estimate of drug-likeness (QED) is 0.646. The van der Waals surface area contributed by atoms with Crippen LogP contribution in [0.5, 0.6) is 5.75 Å². The number of thiocarbonyl (C=S) groups is 1. The summed E-state index contributed by atoms with van der Waals surface area (Å²) in [7, 11) is 0. The molecular weight excluding hydrogens is 268 g/mol. The third kappa shape index (κ3) is 4.18. The van der Waals surface area contributed by atoms with Crippen LogP contribution in [-0.4, -0.2) is 35.6 Å². The molecule has 1 aliphatic rings. The minimum atomic E-state index is 0.412. The fourth-order valence-corrected chi connectivity index (χ4v) is 3.02. The summed E-state index contributed by atoms with van der Waals surface area (Å²) in [6, 6.07) is 8.39. The molecule has 0 aromatic heterocycles. The van der Waals surface area contributed by atoms with Gasteiger partial charge in [-0.15, -0.1) is 0 Å². The molecule has 0 saturated carbocycles. The number of rotatable bonds is 6.